The summed E-state index contributed by atoms with van der Waals surface area (Å²) in [7, 11) is 0. The molecule has 0 saturated carbocycles. The first-order chi connectivity index (χ1) is 22.3. The highest BCUT2D eigenvalue weighted by molar-refractivity contribution is 5.70. The van der Waals surface area contributed by atoms with Gasteiger partial charge in [0, 0.05) is 6.42 Å². The minimum atomic E-state index is -0.475. The summed E-state index contributed by atoms with van der Waals surface area (Å²) in [5.74, 6) is -0.417. The van der Waals surface area contributed by atoms with Crippen LogP contribution in [0.25, 0.3) is 0 Å². The number of carbonyl (C=O) groups excluding carboxylic acids is 2. The van der Waals surface area contributed by atoms with Gasteiger partial charge in [0.15, 0.2) is 0 Å². The fraction of sp³-hybridized carbons (Fsp3) is 0.939. The normalized spacial score (nSPS) is 11.7. The monoisotopic (exact) mass is 668 g/mol. The number of hydrogen-bond donors (Lipinski definition) is 0. The van der Waals surface area contributed by atoms with Crippen LogP contribution in [0.1, 0.15) is 72.6 Å². The molecule has 0 amide bonds. The fourth-order valence-corrected chi connectivity index (χ4v) is 3.57. The number of ether oxygens (including phenoxy) is 11. The molecule has 0 fully saturated rings. The van der Waals surface area contributed by atoms with Gasteiger partial charge in [-0.2, -0.15) is 0 Å². The average molecular weight is 669 g/mol. The third kappa shape index (κ3) is 38.8. The van der Waals surface area contributed by atoms with Crippen molar-refractivity contribution in [2.45, 2.75) is 78.2 Å². The van der Waals surface area contributed by atoms with Crippen molar-refractivity contribution in [3.05, 3.63) is 0 Å². The lowest BCUT2D eigenvalue weighted by Gasteiger charge is -2.19. The lowest BCUT2D eigenvalue weighted by Crippen LogP contribution is -2.24. The molecule has 0 radical (unpaired) electrons. The molecule has 0 aliphatic heterocycles. The van der Waals surface area contributed by atoms with Crippen molar-refractivity contribution in [3.63, 3.8) is 0 Å². The molecule has 0 aromatic heterocycles. The zero-order chi connectivity index (χ0) is 33.8. The molecule has 0 heterocycles. The summed E-state index contributed by atoms with van der Waals surface area (Å²) in [6.07, 6.45) is 6.29. The highest BCUT2D eigenvalue weighted by Crippen LogP contribution is 2.08. The molecule has 0 aliphatic carbocycles. The van der Waals surface area contributed by atoms with Crippen LogP contribution in [0.4, 0.5) is 0 Å². The maximum absolute atomic E-state index is 11.6. The average Bonchev–Trinajstić information content (AvgIpc) is 3.01. The predicted molar refractivity (Wildman–Crippen MR) is 172 cm³/mol. The van der Waals surface area contributed by atoms with E-state index in [1.807, 2.05) is 20.8 Å². The molecule has 0 spiro atoms. The molecule has 46 heavy (non-hydrogen) atoms. The Labute approximate surface area is 277 Å². The maximum Gasteiger partial charge on any atom is 0.308 e. The topological polar surface area (TPSA) is 136 Å². The van der Waals surface area contributed by atoms with Crippen molar-refractivity contribution in [3.8, 4) is 0 Å². The van der Waals surface area contributed by atoms with Crippen LogP contribution in [0.3, 0.4) is 0 Å². The largest absolute Gasteiger partial charge is 0.463 e. The van der Waals surface area contributed by atoms with E-state index in [0.29, 0.717) is 125 Å². The van der Waals surface area contributed by atoms with Crippen LogP contribution in [0.5, 0.6) is 0 Å². The van der Waals surface area contributed by atoms with Crippen molar-refractivity contribution in [2.75, 3.05) is 126 Å². The van der Waals surface area contributed by atoms with Gasteiger partial charge in [0.1, 0.15) is 12.2 Å². The molecule has 0 saturated heterocycles. The minimum absolute atomic E-state index is 0.150. The third-order valence-electron chi connectivity index (χ3n) is 5.82. The van der Waals surface area contributed by atoms with Crippen molar-refractivity contribution in [1.29, 1.82) is 0 Å². The van der Waals surface area contributed by atoms with Crippen LogP contribution in [-0.4, -0.2) is 143 Å². The van der Waals surface area contributed by atoms with Gasteiger partial charge in [-0.25, -0.2) is 0 Å². The molecule has 0 N–H and O–H groups in total. The van der Waals surface area contributed by atoms with Gasteiger partial charge in [-0.3, -0.25) is 9.59 Å². The number of hydrogen-bond acceptors (Lipinski definition) is 13. The number of carbonyl (C=O) groups is 2. The number of esters is 2. The SMILES string of the molecule is CCCCCCCC(=O)OCCOCCOCCOCCOCCOCCOCCOCCOCCOCCC(=O)OC(C)(C)C. The van der Waals surface area contributed by atoms with Gasteiger partial charge in [0.2, 0.25) is 0 Å². The van der Waals surface area contributed by atoms with Crippen molar-refractivity contribution in [2.24, 2.45) is 0 Å². The van der Waals surface area contributed by atoms with E-state index in [-0.39, 0.29) is 25.0 Å². The van der Waals surface area contributed by atoms with Gasteiger partial charge in [-0.1, -0.05) is 32.6 Å². The summed E-state index contributed by atoms with van der Waals surface area (Å²) in [6.45, 7) is 16.2. The Morgan fingerprint density at radius 2 is 0.717 bits per heavy atom. The number of rotatable bonds is 36. The Hall–Kier alpha value is -1.42. The highest BCUT2D eigenvalue weighted by atomic mass is 16.6. The van der Waals surface area contributed by atoms with Crippen LogP contribution >= 0.6 is 0 Å². The van der Waals surface area contributed by atoms with Gasteiger partial charge < -0.3 is 52.1 Å². The lowest BCUT2D eigenvalue weighted by atomic mass is 10.1. The van der Waals surface area contributed by atoms with E-state index in [4.69, 9.17) is 52.1 Å². The lowest BCUT2D eigenvalue weighted by molar-refractivity contribution is -0.156. The van der Waals surface area contributed by atoms with E-state index in [0.717, 1.165) is 12.8 Å². The summed E-state index contributed by atoms with van der Waals surface area (Å²) < 4.78 is 59.3. The molecular formula is C33H64O13. The maximum atomic E-state index is 11.6. The summed E-state index contributed by atoms with van der Waals surface area (Å²) >= 11 is 0. The Morgan fingerprint density at radius 3 is 1.07 bits per heavy atom. The predicted octanol–water partition coefficient (Wildman–Crippen LogP) is 3.77. The third-order valence-corrected chi connectivity index (χ3v) is 5.82. The van der Waals surface area contributed by atoms with E-state index in [9.17, 15) is 9.59 Å². The zero-order valence-corrected chi connectivity index (χ0v) is 29.2. The van der Waals surface area contributed by atoms with Crippen molar-refractivity contribution >= 4 is 11.9 Å². The number of unbranched alkanes of at least 4 members (excludes halogenated alkanes) is 4. The molecule has 0 aromatic carbocycles. The minimum Gasteiger partial charge on any atom is -0.463 e. The standard InChI is InChI=1S/C33H64O13/c1-5-6-7-8-9-10-31(34)45-30-29-44-28-27-43-26-25-42-24-23-41-22-21-40-20-19-39-18-17-38-16-15-37-14-13-36-12-11-32(35)46-33(2,3)4/h5-30H2,1-4H3. The first-order valence-corrected chi connectivity index (χ1v) is 16.9. The van der Waals surface area contributed by atoms with Crippen LogP contribution in [0, 0.1) is 0 Å². The molecular weight excluding hydrogens is 604 g/mol. The molecule has 0 bridgehead atoms. The molecule has 0 aromatic rings. The second kappa shape index (κ2) is 34.9. The van der Waals surface area contributed by atoms with Crippen LogP contribution in [-0.2, 0) is 61.7 Å². The molecule has 13 heteroatoms. The highest BCUT2D eigenvalue weighted by Gasteiger charge is 2.15. The van der Waals surface area contributed by atoms with E-state index in [2.05, 4.69) is 6.92 Å². The fourth-order valence-electron chi connectivity index (χ4n) is 3.57. The van der Waals surface area contributed by atoms with E-state index in [1.54, 1.807) is 0 Å². The van der Waals surface area contributed by atoms with Gasteiger partial charge >= 0.3 is 11.9 Å². The molecule has 0 aliphatic rings. The Bertz CT molecular complexity index is 658. The van der Waals surface area contributed by atoms with Crippen LogP contribution < -0.4 is 0 Å². The molecule has 13 nitrogen and oxygen atoms in total. The van der Waals surface area contributed by atoms with Crippen LogP contribution in [0.15, 0.2) is 0 Å². The summed E-state index contributed by atoms with van der Waals surface area (Å²) in [5.41, 5.74) is -0.475. The Balaban J connectivity index is 3.14. The van der Waals surface area contributed by atoms with Gasteiger partial charge in [0.05, 0.1) is 125 Å². The van der Waals surface area contributed by atoms with E-state index in [1.165, 1.54) is 19.3 Å². The van der Waals surface area contributed by atoms with Crippen LogP contribution in [0.2, 0.25) is 0 Å². The molecule has 274 valence electrons. The summed E-state index contributed by atoms with van der Waals surface area (Å²) in [6, 6.07) is 0. The Morgan fingerprint density at radius 1 is 0.391 bits per heavy atom. The summed E-state index contributed by atoms with van der Waals surface area (Å²) in [4.78, 5) is 23.2. The quantitative estimate of drug-likeness (QED) is 0.0709. The second-order valence-electron chi connectivity index (χ2n) is 11.2. The van der Waals surface area contributed by atoms with Crippen molar-refractivity contribution < 1.29 is 61.7 Å². The first-order valence-electron chi connectivity index (χ1n) is 16.9. The van der Waals surface area contributed by atoms with Crippen molar-refractivity contribution in [1.82, 2.24) is 0 Å². The van der Waals surface area contributed by atoms with Gasteiger partial charge in [0.25, 0.3) is 0 Å². The zero-order valence-electron chi connectivity index (χ0n) is 29.2. The van der Waals surface area contributed by atoms with E-state index < -0.39 is 5.60 Å². The smallest absolute Gasteiger partial charge is 0.308 e. The summed E-state index contributed by atoms with van der Waals surface area (Å²) in [5, 5.41) is 0. The molecule has 0 unspecified atom stereocenters. The second-order valence-corrected chi connectivity index (χ2v) is 11.2. The Kier molecular flexibility index (Phi) is 33.8. The first kappa shape index (κ1) is 44.6. The molecule has 0 rings (SSSR count). The van der Waals surface area contributed by atoms with Gasteiger partial charge in [-0.05, 0) is 27.2 Å². The molecule has 0 atom stereocenters. The van der Waals surface area contributed by atoms with Gasteiger partial charge in [-0.15, -0.1) is 0 Å². The van der Waals surface area contributed by atoms with E-state index >= 15 is 0 Å².